The van der Waals surface area contributed by atoms with Gasteiger partial charge in [-0.3, -0.25) is 0 Å². The van der Waals surface area contributed by atoms with Crippen LogP contribution < -0.4 is 24.8 Å². The number of halogens is 2. The van der Waals surface area contributed by atoms with E-state index in [1.54, 1.807) is 0 Å². The van der Waals surface area contributed by atoms with Crippen LogP contribution in [-0.2, 0) is 24.4 Å². The molecule has 0 N–H and O–H groups in total. The molecule has 0 bridgehead atoms. The molecule has 3 heteroatoms. The Kier molecular flexibility index (Phi) is 4.73. The zero-order chi connectivity index (χ0) is 12.1. The van der Waals surface area contributed by atoms with Crippen LogP contribution >= 0.6 is 0 Å². The van der Waals surface area contributed by atoms with E-state index >= 15 is 0 Å². The molecule has 97 valence electrons. The van der Waals surface area contributed by atoms with Crippen LogP contribution in [0.2, 0.25) is 0 Å². The van der Waals surface area contributed by atoms with Gasteiger partial charge in [0.05, 0.1) is 0 Å². The van der Waals surface area contributed by atoms with E-state index in [0.717, 1.165) is 24.4 Å². The van der Waals surface area contributed by atoms with E-state index in [9.17, 15) is 0 Å². The van der Waals surface area contributed by atoms with Gasteiger partial charge in [0.1, 0.15) is 0 Å². The van der Waals surface area contributed by atoms with Gasteiger partial charge in [-0.2, -0.15) is 0 Å². The fraction of sp³-hybridized carbons (Fsp3) is 0.0588. The van der Waals surface area contributed by atoms with Crippen LogP contribution in [0.4, 0.5) is 0 Å². The molecule has 0 saturated carbocycles. The summed E-state index contributed by atoms with van der Waals surface area (Å²) in [6.45, 7) is 0. The van der Waals surface area contributed by atoms with E-state index in [0.29, 0.717) is 5.92 Å². The summed E-state index contributed by atoms with van der Waals surface area (Å²) in [7, 11) is 0. The predicted octanol–water partition coefficient (Wildman–Crippen LogP) is -1.67. The van der Waals surface area contributed by atoms with Crippen molar-refractivity contribution >= 4 is 16.8 Å². The van der Waals surface area contributed by atoms with E-state index in [-0.39, 0.29) is 24.8 Å². The van der Waals surface area contributed by atoms with E-state index in [1.165, 1.54) is 30.8 Å². The standard InChI is InChI=1S/C17H11.2ClH.Hf/c1-2-6-14-12(4-1)8-10-17-15-7-3-5-13(15)9-11-16(14)17;;;/h1-8,10-11,15H;2*1H;/q;;;+2/p-2. The number of hydrogen-bond acceptors (Lipinski definition) is 0. The molecular weight excluding hydrogens is 454 g/mol. The van der Waals surface area contributed by atoms with Crippen LogP contribution in [0.15, 0.2) is 63.5 Å². The predicted molar refractivity (Wildman–Crippen MR) is 71.9 cm³/mol. The summed E-state index contributed by atoms with van der Waals surface area (Å²) in [5, 5.41) is 2.74. The average Bonchev–Trinajstić information content (AvgIpc) is 2.89. The van der Waals surface area contributed by atoms with Gasteiger partial charge in [0.15, 0.2) is 0 Å². The fourth-order valence-corrected chi connectivity index (χ4v) is 4.36. The van der Waals surface area contributed by atoms with Crippen molar-refractivity contribution in [2.45, 2.75) is 5.92 Å². The molecule has 0 nitrogen and oxygen atoms in total. The third kappa shape index (κ3) is 2.26. The molecule has 0 heterocycles. The number of fused-ring (bicyclic) bond motifs is 5. The van der Waals surface area contributed by atoms with Gasteiger partial charge in [-0.15, -0.1) is 0 Å². The summed E-state index contributed by atoms with van der Waals surface area (Å²) in [6.07, 6.45) is 9.21. The number of hydrogen-bond donors (Lipinski definition) is 0. The van der Waals surface area contributed by atoms with Gasteiger partial charge >= 0.3 is 122 Å². The first-order valence-electron chi connectivity index (χ1n) is 6.18. The average molecular weight is 465 g/mol. The molecule has 1 atom stereocenters. The number of rotatable bonds is 0. The SMILES string of the molecule is [Cl-].[Cl-].[Hf+2][C]1=Cc2c(ccc3ccccc23)C2C=CC=C12. The molecule has 2 aliphatic carbocycles. The zero-order valence-corrected chi connectivity index (χ0v) is 15.7. The molecule has 4 rings (SSSR count). The van der Waals surface area contributed by atoms with Gasteiger partial charge in [-0.25, -0.2) is 0 Å². The third-order valence-electron chi connectivity index (χ3n) is 3.85. The second-order valence-electron chi connectivity index (χ2n) is 4.83. The van der Waals surface area contributed by atoms with Crippen LogP contribution in [0.5, 0.6) is 0 Å². The second-order valence-corrected chi connectivity index (χ2v) is 6.77. The van der Waals surface area contributed by atoms with Gasteiger partial charge in [0.25, 0.3) is 0 Å². The first-order valence-corrected chi connectivity index (χ1v) is 7.98. The van der Waals surface area contributed by atoms with Gasteiger partial charge < -0.3 is 24.8 Å². The van der Waals surface area contributed by atoms with Crippen LogP contribution in [0, 0.1) is 0 Å². The molecule has 0 saturated heterocycles. The number of benzene rings is 2. The molecule has 2 aromatic carbocycles. The summed E-state index contributed by atoms with van der Waals surface area (Å²) in [5.41, 5.74) is 4.42. The van der Waals surface area contributed by atoms with E-state index in [2.05, 4.69) is 60.7 Å². The summed E-state index contributed by atoms with van der Waals surface area (Å²) < 4.78 is 1.54. The maximum atomic E-state index is 2.40. The van der Waals surface area contributed by atoms with Crippen molar-refractivity contribution < 1.29 is 49.2 Å². The van der Waals surface area contributed by atoms with Crippen LogP contribution in [0.25, 0.3) is 16.8 Å². The maximum absolute atomic E-state index is 2.40. The molecule has 0 fully saturated rings. The Bertz CT molecular complexity index is 757. The van der Waals surface area contributed by atoms with Gasteiger partial charge in [0.2, 0.25) is 0 Å². The van der Waals surface area contributed by atoms with Crippen LogP contribution in [0.1, 0.15) is 17.0 Å². The Morgan fingerprint density at radius 2 is 1.75 bits per heavy atom. The van der Waals surface area contributed by atoms with Crippen molar-refractivity contribution in [1.29, 1.82) is 0 Å². The van der Waals surface area contributed by atoms with Gasteiger partial charge in [0, 0.05) is 0 Å². The quantitative estimate of drug-likeness (QED) is 0.409. The van der Waals surface area contributed by atoms with Gasteiger partial charge in [-0.05, 0) is 0 Å². The fourth-order valence-electron chi connectivity index (χ4n) is 2.98. The molecule has 20 heavy (non-hydrogen) atoms. The van der Waals surface area contributed by atoms with Crippen LogP contribution in [0.3, 0.4) is 0 Å². The molecule has 0 amide bonds. The van der Waals surface area contributed by atoms with Crippen molar-refractivity contribution in [1.82, 2.24) is 0 Å². The van der Waals surface area contributed by atoms with Crippen molar-refractivity contribution in [2.75, 3.05) is 0 Å². The molecular formula is C17H11Cl2Hf. The van der Waals surface area contributed by atoms with Crippen molar-refractivity contribution in [2.24, 2.45) is 0 Å². The molecule has 1 unspecified atom stereocenters. The Morgan fingerprint density at radius 1 is 0.950 bits per heavy atom. The third-order valence-corrected chi connectivity index (χ3v) is 5.41. The van der Waals surface area contributed by atoms with E-state index in [1.807, 2.05) is 0 Å². The summed E-state index contributed by atoms with van der Waals surface area (Å²) in [5.74, 6) is 0.502. The second kappa shape index (κ2) is 6.01. The monoisotopic (exact) mass is 465 g/mol. The minimum atomic E-state index is 0. The Labute approximate surface area is 146 Å². The molecule has 2 aromatic rings. The summed E-state index contributed by atoms with van der Waals surface area (Å²) >= 11 is 1.12. The van der Waals surface area contributed by atoms with Gasteiger partial charge in [-0.1, -0.05) is 0 Å². The molecule has 0 radical (unpaired) electrons. The number of allylic oxidation sites excluding steroid dienone is 5. The Balaban J connectivity index is 0.000000735. The Hall–Kier alpha value is -0.630. The molecule has 0 aliphatic heterocycles. The normalized spacial score (nSPS) is 18.4. The first kappa shape index (κ1) is 15.8. The topological polar surface area (TPSA) is 0 Å². The van der Waals surface area contributed by atoms with Crippen molar-refractivity contribution in [3.05, 3.63) is 74.7 Å². The van der Waals surface area contributed by atoms with Crippen molar-refractivity contribution in [3.63, 3.8) is 0 Å². The van der Waals surface area contributed by atoms with Crippen LogP contribution in [-0.4, -0.2) is 0 Å². The minimum absolute atomic E-state index is 0. The van der Waals surface area contributed by atoms with E-state index in [4.69, 9.17) is 0 Å². The molecule has 0 spiro atoms. The van der Waals surface area contributed by atoms with Crippen molar-refractivity contribution in [3.8, 4) is 0 Å². The zero-order valence-electron chi connectivity index (χ0n) is 10.6. The summed E-state index contributed by atoms with van der Waals surface area (Å²) in [4.78, 5) is 0. The first-order chi connectivity index (χ1) is 8.84. The molecule has 0 aromatic heterocycles. The van der Waals surface area contributed by atoms with E-state index < -0.39 is 0 Å². The Morgan fingerprint density at radius 3 is 2.60 bits per heavy atom. The summed E-state index contributed by atoms with van der Waals surface area (Å²) in [6, 6.07) is 13.3. The molecule has 2 aliphatic rings.